The molecule has 0 saturated heterocycles. The zero-order valence-corrected chi connectivity index (χ0v) is 13.9. The van der Waals surface area contributed by atoms with Crippen LogP contribution in [0.25, 0.3) is 0 Å². The van der Waals surface area contributed by atoms with Crippen LogP contribution in [0.1, 0.15) is 40.0 Å². The molecular weight excluding hydrogens is 270 g/mol. The van der Waals surface area contributed by atoms with E-state index >= 15 is 0 Å². The molecule has 0 unspecified atom stereocenters. The number of para-hydroxylation sites is 1. The number of rotatable bonds is 11. The standard InChI is InChI=1S/C15H27NO3Si/c1-4-12-17-20(18-13-5-2,19-14-6-3)16-15-10-8-7-9-11-15/h7-11,16H,4-6,12-14H2,1-3H3. The van der Waals surface area contributed by atoms with Crippen LogP contribution in [0.2, 0.25) is 0 Å². The lowest BCUT2D eigenvalue weighted by Gasteiger charge is -2.29. The zero-order chi connectivity index (χ0) is 14.7. The Balaban J connectivity index is 2.81. The van der Waals surface area contributed by atoms with Crippen molar-refractivity contribution in [3.05, 3.63) is 30.3 Å². The fraction of sp³-hybridized carbons (Fsp3) is 0.600. The van der Waals surface area contributed by atoms with Gasteiger partial charge in [0.1, 0.15) is 0 Å². The minimum Gasteiger partial charge on any atom is -0.357 e. The van der Waals surface area contributed by atoms with E-state index in [0.29, 0.717) is 19.8 Å². The first kappa shape index (κ1) is 17.2. The Labute approximate surface area is 123 Å². The first-order chi connectivity index (χ1) is 9.76. The summed E-state index contributed by atoms with van der Waals surface area (Å²) in [5.74, 6) is 0. The van der Waals surface area contributed by atoms with Gasteiger partial charge in [0.25, 0.3) is 0 Å². The number of benzene rings is 1. The van der Waals surface area contributed by atoms with Crippen LogP contribution in [0.3, 0.4) is 0 Å². The average molecular weight is 297 g/mol. The van der Waals surface area contributed by atoms with E-state index in [-0.39, 0.29) is 0 Å². The van der Waals surface area contributed by atoms with Crippen molar-refractivity contribution in [3.8, 4) is 0 Å². The summed E-state index contributed by atoms with van der Waals surface area (Å²) in [5, 5.41) is 0. The summed E-state index contributed by atoms with van der Waals surface area (Å²) in [4.78, 5) is 3.37. The van der Waals surface area contributed by atoms with Gasteiger partial charge in [-0.25, -0.2) is 0 Å². The second-order valence-electron chi connectivity index (χ2n) is 4.59. The first-order valence-electron chi connectivity index (χ1n) is 7.51. The minimum atomic E-state index is -2.85. The molecule has 0 aliphatic heterocycles. The van der Waals surface area contributed by atoms with E-state index < -0.39 is 8.97 Å². The Bertz CT molecular complexity index is 326. The van der Waals surface area contributed by atoms with Crippen LogP contribution in [-0.4, -0.2) is 28.8 Å². The molecule has 0 fully saturated rings. The summed E-state index contributed by atoms with van der Waals surface area (Å²) in [6, 6.07) is 9.96. The highest BCUT2D eigenvalue weighted by molar-refractivity contribution is 6.64. The smallest absolute Gasteiger partial charge is 0.357 e. The molecule has 1 N–H and O–H groups in total. The summed E-state index contributed by atoms with van der Waals surface area (Å²) in [6.07, 6.45) is 2.82. The Hall–Kier alpha value is -0.883. The molecule has 20 heavy (non-hydrogen) atoms. The van der Waals surface area contributed by atoms with E-state index in [1.165, 1.54) is 0 Å². The Morgan fingerprint density at radius 1 is 0.800 bits per heavy atom. The lowest BCUT2D eigenvalue weighted by molar-refractivity contribution is 0.0661. The van der Waals surface area contributed by atoms with Crippen LogP contribution in [0.15, 0.2) is 30.3 Å². The van der Waals surface area contributed by atoms with Crippen molar-refractivity contribution in [3.63, 3.8) is 0 Å². The van der Waals surface area contributed by atoms with Crippen molar-refractivity contribution in [2.75, 3.05) is 24.8 Å². The van der Waals surface area contributed by atoms with Gasteiger partial charge >= 0.3 is 8.97 Å². The number of anilines is 1. The molecule has 0 amide bonds. The van der Waals surface area contributed by atoms with Gasteiger partial charge in [-0.3, -0.25) is 0 Å². The van der Waals surface area contributed by atoms with Crippen molar-refractivity contribution in [2.24, 2.45) is 0 Å². The van der Waals surface area contributed by atoms with Gasteiger partial charge in [0.05, 0.1) is 0 Å². The third-order valence-electron chi connectivity index (χ3n) is 2.56. The number of nitrogens with one attached hydrogen (secondary N) is 1. The molecule has 0 saturated carbocycles. The SMILES string of the molecule is CCCO[Si](Nc1ccccc1)(OCCC)OCCC. The van der Waals surface area contributed by atoms with Crippen molar-refractivity contribution >= 4 is 14.7 Å². The molecule has 4 nitrogen and oxygen atoms in total. The van der Waals surface area contributed by atoms with Crippen LogP contribution in [-0.2, 0) is 13.3 Å². The summed E-state index contributed by atoms with van der Waals surface area (Å²) in [5.41, 5.74) is 0.975. The molecule has 5 heteroatoms. The van der Waals surface area contributed by atoms with Crippen molar-refractivity contribution < 1.29 is 13.3 Å². The lowest BCUT2D eigenvalue weighted by atomic mass is 10.3. The second-order valence-corrected chi connectivity index (χ2v) is 6.82. The molecule has 0 aliphatic carbocycles. The van der Waals surface area contributed by atoms with Crippen LogP contribution >= 0.6 is 0 Å². The van der Waals surface area contributed by atoms with Crippen LogP contribution in [0, 0.1) is 0 Å². The molecule has 1 aromatic rings. The fourth-order valence-corrected chi connectivity index (χ4v) is 4.05. The highest BCUT2D eigenvalue weighted by Crippen LogP contribution is 2.17. The van der Waals surface area contributed by atoms with Gasteiger partial charge in [-0.2, -0.15) is 0 Å². The molecule has 1 rings (SSSR count). The molecular formula is C15H27NO3Si. The fourth-order valence-electron chi connectivity index (χ4n) is 1.64. The molecule has 0 aromatic heterocycles. The van der Waals surface area contributed by atoms with E-state index in [0.717, 1.165) is 24.9 Å². The molecule has 0 atom stereocenters. The zero-order valence-electron chi connectivity index (χ0n) is 12.9. The first-order valence-corrected chi connectivity index (χ1v) is 9.24. The third-order valence-corrected chi connectivity index (χ3v) is 4.91. The summed E-state index contributed by atoms with van der Waals surface area (Å²) >= 11 is 0. The topological polar surface area (TPSA) is 39.7 Å². The predicted octanol–water partition coefficient (Wildman–Crippen LogP) is 3.81. The lowest BCUT2D eigenvalue weighted by Crippen LogP contribution is -2.54. The van der Waals surface area contributed by atoms with Crippen LogP contribution in [0.4, 0.5) is 5.69 Å². The maximum atomic E-state index is 5.97. The molecule has 0 spiro atoms. The molecule has 0 radical (unpaired) electrons. The maximum absolute atomic E-state index is 5.97. The van der Waals surface area contributed by atoms with Crippen molar-refractivity contribution in [1.29, 1.82) is 0 Å². The van der Waals surface area contributed by atoms with Crippen LogP contribution < -0.4 is 4.98 Å². The van der Waals surface area contributed by atoms with Crippen LogP contribution in [0.5, 0.6) is 0 Å². The second kappa shape index (κ2) is 9.93. The van der Waals surface area contributed by atoms with E-state index in [9.17, 15) is 0 Å². The molecule has 1 aromatic carbocycles. The number of hydrogen-bond donors (Lipinski definition) is 1. The van der Waals surface area contributed by atoms with Crippen molar-refractivity contribution in [1.82, 2.24) is 0 Å². The number of hydrogen-bond acceptors (Lipinski definition) is 4. The van der Waals surface area contributed by atoms with Gasteiger partial charge in [0, 0.05) is 25.5 Å². The van der Waals surface area contributed by atoms with Gasteiger partial charge in [-0.05, 0) is 31.4 Å². The van der Waals surface area contributed by atoms with Gasteiger partial charge in [0.15, 0.2) is 0 Å². The van der Waals surface area contributed by atoms with Gasteiger partial charge in [-0.15, -0.1) is 0 Å². The highest BCUT2D eigenvalue weighted by atomic mass is 28.4. The monoisotopic (exact) mass is 297 g/mol. The molecule has 0 bridgehead atoms. The average Bonchev–Trinajstić information content (AvgIpc) is 2.49. The molecule has 0 heterocycles. The van der Waals surface area contributed by atoms with Gasteiger partial charge in [0.2, 0.25) is 0 Å². The Kier molecular flexibility index (Phi) is 8.53. The normalized spacial score (nSPS) is 11.6. The van der Waals surface area contributed by atoms with E-state index in [1.807, 2.05) is 30.3 Å². The van der Waals surface area contributed by atoms with Crippen molar-refractivity contribution in [2.45, 2.75) is 40.0 Å². The van der Waals surface area contributed by atoms with E-state index in [2.05, 4.69) is 25.8 Å². The molecule has 114 valence electrons. The molecule has 0 aliphatic rings. The van der Waals surface area contributed by atoms with E-state index in [4.69, 9.17) is 13.3 Å². The maximum Gasteiger partial charge on any atom is 0.631 e. The highest BCUT2D eigenvalue weighted by Gasteiger charge is 2.43. The van der Waals surface area contributed by atoms with Gasteiger partial charge < -0.3 is 18.3 Å². The Morgan fingerprint density at radius 3 is 1.65 bits per heavy atom. The Morgan fingerprint density at radius 2 is 1.25 bits per heavy atom. The predicted molar refractivity (Wildman–Crippen MR) is 84.5 cm³/mol. The summed E-state index contributed by atoms with van der Waals surface area (Å²) in [7, 11) is -2.85. The minimum absolute atomic E-state index is 0.638. The summed E-state index contributed by atoms with van der Waals surface area (Å²) < 4.78 is 17.9. The third kappa shape index (κ3) is 6.05. The quantitative estimate of drug-likeness (QED) is 0.630. The van der Waals surface area contributed by atoms with Gasteiger partial charge in [-0.1, -0.05) is 39.0 Å². The largest absolute Gasteiger partial charge is 0.631 e. The van der Waals surface area contributed by atoms with E-state index in [1.54, 1.807) is 0 Å². The summed E-state index contributed by atoms with van der Waals surface area (Å²) in [6.45, 7) is 8.17.